The SMILES string of the molecule is CC[C@H](CO)Nc1cc(NS(=O)(=O)c2cn(C)c(C)n2)nc(SCc2cccc(OC)c2C)n1. The summed E-state index contributed by atoms with van der Waals surface area (Å²) in [7, 11) is -0.592. The molecule has 1 aromatic carbocycles. The molecule has 0 aliphatic rings. The van der Waals surface area contributed by atoms with E-state index in [1.807, 2.05) is 32.0 Å². The van der Waals surface area contributed by atoms with E-state index in [1.165, 1.54) is 24.0 Å². The fourth-order valence-electron chi connectivity index (χ4n) is 3.13. The van der Waals surface area contributed by atoms with E-state index in [0.29, 0.717) is 29.0 Å². The van der Waals surface area contributed by atoms with Crippen LogP contribution in [0.25, 0.3) is 0 Å². The van der Waals surface area contributed by atoms with Gasteiger partial charge in [-0.1, -0.05) is 30.8 Å². The molecule has 0 radical (unpaired) electrons. The number of imidazole rings is 1. The Labute approximate surface area is 204 Å². The Hall–Kier alpha value is -2.83. The van der Waals surface area contributed by atoms with Crippen molar-refractivity contribution in [1.29, 1.82) is 0 Å². The van der Waals surface area contributed by atoms with Gasteiger partial charge < -0.3 is 19.7 Å². The third-order valence-electron chi connectivity index (χ3n) is 5.34. The van der Waals surface area contributed by atoms with Crippen LogP contribution in [0.3, 0.4) is 0 Å². The number of benzene rings is 1. The average molecular weight is 507 g/mol. The van der Waals surface area contributed by atoms with Crippen LogP contribution in [-0.2, 0) is 22.8 Å². The molecule has 0 aliphatic carbocycles. The lowest BCUT2D eigenvalue weighted by molar-refractivity contribution is 0.271. The molecule has 0 spiro atoms. The minimum atomic E-state index is -3.95. The maximum absolute atomic E-state index is 12.9. The maximum atomic E-state index is 12.9. The molecule has 0 bridgehead atoms. The molecule has 3 N–H and O–H groups in total. The van der Waals surface area contributed by atoms with Gasteiger partial charge in [-0.15, -0.1) is 0 Å². The van der Waals surface area contributed by atoms with Crippen molar-refractivity contribution in [2.45, 2.75) is 49.2 Å². The lowest BCUT2D eigenvalue weighted by Gasteiger charge is -2.16. The summed E-state index contributed by atoms with van der Waals surface area (Å²) < 4.78 is 35.3. The van der Waals surface area contributed by atoms with Gasteiger partial charge in [-0.3, -0.25) is 4.72 Å². The average Bonchev–Trinajstić information content (AvgIpc) is 3.15. The van der Waals surface area contributed by atoms with E-state index in [9.17, 15) is 13.5 Å². The molecule has 2 heterocycles. The second kappa shape index (κ2) is 11.1. The van der Waals surface area contributed by atoms with Crippen molar-refractivity contribution in [2.75, 3.05) is 23.8 Å². The quantitative estimate of drug-likeness (QED) is 0.265. The molecule has 34 heavy (non-hydrogen) atoms. The summed E-state index contributed by atoms with van der Waals surface area (Å²) in [5.41, 5.74) is 2.07. The highest BCUT2D eigenvalue weighted by molar-refractivity contribution is 7.98. The number of nitrogens with one attached hydrogen (secondary N) is 2. The summed E-state index contributed by atoms with van der Waals surface area (Å²) in [6.45, 7) is 5.56. The predicted octanol–water partition coefficient (Wildman–Crippen LogP) is 3.11. The highest BCUT2D eigenvalue weighted by Gasteiger charge is 2.21. The molecule has 0 saturated carbocycles. The maximum Gasteiger partial charge on any atom is 0.282 e. The van der Waals surface area contributed by atoms with E-state index in [4.69, 9.17) is 4.74 Å². The minimum absolute atomic E-state index is 0.0831. The molecule has 3 aromatic rings. The molecular weight excluding hydrogens is 476 g/mol. The largest absolute Gasteiger partial charge is 0.496 e. The number of thioether (sulfide) groups is 1. The summed E-state index contributed by atoms with van der Waals surface area (Å²) in [5, 5.41) is 13.0. The van der Waals surface area contributed by atoms with Gasteiger partial charge in [-0.2, -0.15) is 8.42 Å². The number of methoxy groups -OCH3 is 1. The summed E-state index contributed by atoms with van der Waals surface area (Å²) in [6, 6.07) is 7.10. The molecule has 3 rings (SSSR count). The first kappa shape index (κ1) is 25.8. The van der Waals surface area contributed by atoms with Gasteiger partial charge in [0.1, 0.15) is 23.2 Å². The number of hydrogen-bond donors (Lipinski definition) is 3. The fraction of sp³-hybridized carbons (Fsp3) is 0.409. The van der Waals surface area contributed by atoms with Crippen LogP contribution in [0, 0.1) is 13.8 Å². The Bertz CT molecular complexity index is 1220. The van der Waals surface area contributed by atoms with Gasteiger partial charge in [0, 0.05) is 25.1 Å². The number of hydrogen-bond acceptors (Lipinski definition) is 9. The number of ether oxygens (including phenoxy) is 1. The third-order valence-corrected chi connectivity index (χ3v) is 7.47. The van der Waals surface area contributed by atoms with Crippen LogP contribution in [0.1, 0.15) is 30.3 Å². The van der Waals surface area contributed by atoms with Gasteiger partial charge in [0.15, 0.2) is 10.2 Å². The number of anilines is 2. The van der Waals surface area contributed by atoms with Crippen molar-refractivity contribution in [2.24, 2.45) is 7.05 Å². The van der Waals surface area contributed by atoms with Gasteiger partial charge in [0.05, 0.1) is 19.8 Å². The van der Waals surface area contributed by atoms with E-state index < -0.39 is 10.0 Å². The Morgan fingerprint density at radius 1 is 1.21 bits per heavy atom. The second-order valence-electron chi connectivity index (χ2n) is 7.73. The Kier molecular flexibility index (Phi) is 8.39. The molecule has 0 unspecified atom stereocenters. The van der Waals surface area contributed by atoms with Crippen LogP contribution in [-0.4, -0.2) is 52.8 Å². The van der Waals surface area contributed by atoms with Crippen LogP contribution in [0.4, 0.5) is 11.6 Å². The van der Waals surface area contributed by atoms with E-state index in [-0.39, 0.29) is 23.5 Å². The Morgan fingerprint density at radius 2 is 1.94 bits per heavy atom. The Balaban J connectivity index is 1.90. The Morgan fingerprint density at radius 3 is 2.56 bits per heavy atom. The van der Waals surface area contributed by atoms with Crippen LogP contribution >= 0.6 is 11.8 Å². The highest BCUT2D eigenvalue weighted by atomic mass is 32.2. The molecule has 10 nitrogen and oxygen atoms in total. The molecule has 12 heteroatoms. The minimum Gasteiger partial charge on any atom is -0.496 e. The smallest absolute Gasteiger partial charge is 0.282 e. The number of aromatic nitrogens is 4. The first-order valence-electron chi connectivity index (χ1n) is 10.7. The number of nitrogens with zero attached hydrogens (tertiary/aromatic N) is 4. The topological polar surface area (TPSA) is 131 Å². The summed E-state index contributed by atoms with van der Waals surface area (Å²) in [4.78, 5) is 13.0. The van der Waals surface area contributed by atoms with Crippen LogP contribution in [0.15, 0.2) is 40.6 Å². The lowest BCUT2D eigenvalue weighted by Crippen LogP contribution is -2.23. The van der Waals surface area contributed by atoms with Crippen molar-refractivity contribution in [3.05, 3.63) is 47.4 Å². The van der Waals surface area contributed by atoms with Gasteiger partial charge >= 0.3 is 0 Å². The van der Waals surface area contributed by atoms with Gasteiger partial charge in [0.2, 0.25) is 0 Å². The molecule has 184 valence electrons. The molecule has 0 saturated heterocycles. The summed E-state index contributed by atoms with van der Waals surface area (Å²) in [6.07, 6.45) is 2.11. The van der Waals surface area contributed by atoms with Gasteiger partial charge in [0.25, 0.3) is 10.0 Å². The number of aliphatic hydroxyl groups is 1. The first-order valence-corrected chi connectivity index (χ1v) is 13.2. The molecular formula is C22H30N6O4S2. The lowest BCUT2D eigenvalue weighted by atomic mass is 10.1. The van der Waals surface area contributed by atoms with Gasteiger partial charge in [-0.25, -0.2) is 15.0 Å². The predicted molar refractivity (Wildman–Crippen MR) is 133 cm³/mol. The van der Waals surface area contributed by atoms with Crippen molar-refractivity contribution in [3.8, 4) is 5.75 Å². The molecule has 0 aliphatic heterocycles. The third kappa shape index (κ3) is 6.19. The van der Waals surface area contributed by atoms with Crippen molar-refractivity contribution >= 4 is 33.4 Å². The number of rotatable bonds is 11. The monoisotopic (exact) mass is 506 g/mol. The van der Waals surface area contributed by atoms with Crippen molar-refractivity contribution < 1.29 is 18.3 Å². The first-order chi connectivity index (χ1) is 16.2. The van der Waals surface area contributed by atoms with E-state index in [1.54, 1.807) is 25.6 Å². The highest BCUT2D eigenvalue weighted by Crippen LogP contribution is 2.28. The van der Waals surface area contributed by atoms with Gasteiger partial charge in [-0.05, 0) is 37.5 Å². The molecule has 0 amide bonds. The standard InChI is InChI=1S/C22H30N6O4S2/c1-6-17(12-29)24-19-10-20(27-34(30,31)21-11-28(4)15(3)23-21)26-22(25-19)33-13-16-8-7-9-18(32-5)14(16)2/h7-11,17,29H,6,12-13H2,1-5H3,(H2,24,25,26,27)/t17-/m1/s1. The number of aryl methyl sites for hydroxylation is 2. The zero-order chi connectivity index (χ0) is 24.9. The van der Waals surface area contributed by atoms with E-state index in [0.717, 1.165) is 16.9 Å². The fourth-order valence-corrected chi connectivity index (χ4v) is 5.08. The normalized spacial score (nSPS) is 12.4. The van der Waals surface area contributed by atoms with E-state index >= 15 is 0 Å². The second-order valence-corrected chi connectivity index (χ2v) is 10.3. The molecule has 2 aromatic heterocycles. The van der Waals surface area contributed by atoms with Crippen LogP contribution in [0.2, 0.25) is 0 Å². The summed E-state index contributed by atoms with van der Waals surface area (Å²) in [5.74, 6) is 2.45. The summed E-state index contributed by atoms with van der Waals surface area (Å²) >= 11 is 1.37. The molecule has 1 atom stereocenters. The zero-order valence-electron chi connectivity index (χ0n) is 19.9. The van der Waals surface area contributed by atoms with Crippen molar-refractivity contribution in [1.82, 2.24) is 19.5 Å². The van der Waals surface area contributed by atoms with E-state index in [2.05, 4.69) is 25.0 Å². The molecule has 0 fully saturated rings. The number of aliphatic hydroxyl groups excluding tert-OH is 1. The van der Waals surface area contributed by atoms with Crippen molar-refractivity contribution in [3.63, 3.8) is 0 Å². The number of sulfonamides is 1. The zero-order valence-corrected chi connectivity index (χ0v) is 21.5. The van der Waals surface area contributed by atoms with Crippen LogP contribution < -0.4 is 14.8 Å². The van der Waals surface area contributed by atoms with Crippen LogP contribution in [0.5, 0.6) is 5.75 Å².